The summed E-state index contributed by atoms with van der Waals surface area (Å²) in [6.07, 6.45) is 0. The van der Waals surface area contributed by atoms with E-state index in [0.717, 1.165) is 5.56 Å². The molecule has 9 nitrogen and oxygen atoms in total. The first-order valence-electron chi connectivity index (χ1n) is 10.9. The molecule has 0 bridgehead atoms. The number of nitro groups is 1. The van der Waals surface area contributed by atoms with Crippen LogP contribution < -0.4 is 9.47 Å². The fourth-order valence-corrected chi connectivity index (χ4v) is 4.32. The molecule has 3 aromatic rings. The summed E-state index contributed by atoms with van der Waals surface area (Å²) < 4.78 is 11.1. The Labute approximate surface area is 200 Å². The number of ether oxygens (including phenoxy) is 2. The summed E-state index contributed by atoms with van der Waals surface area (Å²) in [6.45, 7) is 0.818. The van der Waals surface area contributed by atoms with Crippen molar-refractivity contribution in [3.05, 3.63) is 105 Å². The maximum atomic E-state index is 13.2. The van der Waals surface area contributed by atoms with Crippen LogP contribution in [0.3, 0.4) is 0 Å². The Bertz CT molecular complexity index is 1370. The van der Waals surface area contributed by atoms with Gasteiger partial charge in [-0.2, -0.15) is 0 Å². The second kappa shape index (κ2) is 8.94. The van der Waals surface area contributed by atoms with Crippen LogP contribution in [0.1, 0.15) is 22.7 Å². The average Bonchev–Trinajstić information content (AvgIpc) is 3.13. The molecule has 35 heavy (non-hydrogen) atoms. The molecule has 3 aromatic carbocycles. The minimum absolute atomic E-state index is 0.0801. The summed E-state index contributed by atoms with van der Waals surface area (Å²) in [6, 6.07) is 18.5. The molecule has 2 aliphatic rings. The summed E-state index contributed by atoms with van der Waals surface area (Å²) >= 11 is 0. The number of Topliss-reactive ketones (excluding diaryl/α,β-unsaturated/α-hetero) is 1. The highest BCUT2D eigenvalue weighted by Crippen LogP contribution is 2.42. The molecule has 1 saturated heterocycles. The first-order chi connectivity index (χ1) is 16.9. The van der Waals surface area contributed by atoms with Crippen molar-refractivity contribution in [1.29, 1.82) is 0 Å². The van der Waals surface area contributed by atoms with Gasteiger partial charge in [-0.25, -0.2) is 0 Å². The molecule has 0 aliphatic carbocycles. The summed E-state index contributed by atoms with van der Waals surface area (Å²) in [7, 11) is 0. The Kier molecular flexibility index (Phi) is 5.66. The predicted octanol–water partition coefficient (Wildman–Crippen LogP) is 3.99. The van der Waals surface area contributed by atoms with Crippen molar-refractivity contribution in [2.24, 2.45) is 0 Å². The van der Waals surface area contributed by atoms with Crippen molar-refractivity contribution in [2.75, 3.05) is 13.2 Å². The number of fused-ring (bicyclic) bond motifs is 1. The number of non-ortho nitro benzene ring substituents is 1. The zero-order valence-corrected chi connectivity index (χ0v) is 18.4. The van der Waals surface area contributed by atoms with Crippen molar-refractivity contribution < 1.29 is 29.1 Å². The van der Waals surface area contributed by atoms with Crippen molar-refractivity contribution in [1.82, 2.24) is 4.90 Å². The molecule has 2 heterocycles. The number of benzene rings is 3. The van der Waals surface area contributed by atoms with Crippen molar-refractivity contribution in [2.45, 2.75) is 12.6 Å². The molecule has 9 heteroatoms. The van der Waals surface area contributed by atoms with Crippen molar-refractivity contribution in [3.8, 4) is 11.5 Å². The Hall–Kier alpha value is -4.66. The standard InChI is InChI=1S/C26H20N2O7/c29-24(18-9-10-20-21(14-18)35-12-11-34-20)22-23(17-7-4-8-19(13-17)28(32)33)27(26(31)25(22)30)15-16-5-2-1-3-6-16/h1-10,13-14,23,29H,11-12,15H2. The van der Waals surface area contributed by atoms with Gasteiger partial charge in [-0.05, 0) is 29.3 Å². The fourth-order valence-electron chi connectivity index (χ4n) is 4.32. The highest BCUT2D eigenvalue weighted by molar-refractivity contribution is 6.46. The molecular weight excluding hydrogens is 452 g/mol. The van der Waals surface area contributed by atoms with Crippen LogP contribution in [0.25, 0.3) is 5.76 Å². The van der Waals surface area contributed by atoms with Gasteiger partial charge in [0.2, 0.25) is 0 Å². The summed E-state index contributed by atoms with van der Waals surface area (Å²) in [4.78, 5) is 38.5. The number of likely N-dealkylation sites (tertiary alicyclic amines) is 1. The van der Waals surface area contributed by atoms with Crippen LogP contribution in [0.2, 0.25) is 0 Å². The number of ketones is 1. The summed E-state index contributed by atoms with van der Waals surface area (Å²) in [5.74, 6) is -1.15. The molecule has 0 radical (unpaired) electrons. The molecule has 176 valence electrons. The molecule has 5 rings (SSSR count). The van der Waals surface area contributed by atoms with Gasteiger partial charge in [0.25, 0.3) is 17.4 Å². The van der Waals surface area contributed by atoms with Crippen LogP contribution in [0.15, 0.2) is 78.4 Å². The highest BCUT2D eigenvalue weighted by Gasteiger charge is 2.46. The number of hydrogen-bond donors (Lipinski definition) is 1. The lowest BCUT2D eigenvalue weighted by atomic mass is 9.94. The van der Waals surface area contributed by atoms with Gasteiger partial charge in [-0.1, -0.05) is 42.5 Å². The van der Waals surface area contributed by atoms with E-state index in [2.05, 4.69) is 0 Å². The van der Waals surface area contributed by atoms with E-state index in [1.54, 1.807) is 24.3 Å². The summed E-state index contributed by atoms with van der Waals surface area (Å²) in [5, 5.41) is 22.7. The predicted molar refractivity (Wildman–Crippen MR) is 125 cm³/mol. The number of carbonyl (C=O) groups is 2. The van der Waals surface area contributed by atoms with Gasteiger partial charge in [0.15, 0.2) is 11.5 Å². The SMILES string of the molecule is O=C1C(=O)N(Cc2ccccc2)C(c2cccc([N+](=O)[O-])c2)C1=C(O)c1ccc2c(c1)OCCO2. The Morgan fingerprint density at radius 1 is 0.971 bits per heavy atom. The third kappa shape index (κ3) is 4.08. The molecule has 1 amide bonds. The van der Waals surface area contributed by atoms with Crippen LogP contribution in [-0.2, 0) is 16.1 Å². The largest absolute Gasteiger partial charge is 0.507 e. The number of aliphatic hydroxyl groups is 1. The van der Waals surface area contributed by atoms with E-state index in [1.807, 2.05) is 30.3 Å². The van der Waals surface area contributed by atoms with E-state index in [1.165, 1.54) is 23.1 Å². The van der Waals surface area contributed by atoms with Crippen LogP contribution in [0, 0.1) is 10.1 Å². The summed E-state index contributed by atoms with van der Waals surface area (Å²) in [5.41, 5.74) is 1.04. The number of nitro benzene ring substituents is 1. The van der Waals surface area contributed by atoms with Crippen LogP contribution in [0.4, 0.5) is 5.69 Å². The van der Waals surface area contributed by atoms with E-state index in [9.17, 15) is 24.8 Å². The number of nitrogens with zero attached hydrogens (tertiary/aromatic N) is 2. The first-order valence-corrected chi connectivity index (χ1v) is 10.9. The van der Waals surface area contributed by atoms with Gasteiger partial charge in [0.1, 0.15) is 19.0 Å². The molecule has 0 spiro atoms. The molecule has 1 fully saturated rings. The number of aliphatic hydroxyl groups excluding tert-OH is 1. The molecule has 2 aliphatic heterocycles. The fraction of sp³-hybridized carbons (Fsp3) is 0.154. The Balaban J connectivity index is 1.65. The van der Waals surface area contributed by atoms with Crippen LogP contribution >= 0.6 is 0 Å². The van der Waals surface area contributed by atoms with E-state index in [0.29, 0.717) is 30.3 Å². The van der Waals surface area contributed by atoms with Gasteiger partial charge in [-0.15, -0.1) is 0 Å². The Morgan fingerprint density at radius 3 is 2.46 bits per heavy atom. The van der Waals surface area contributed by atoms with E-state index in [4.69, 9.17) is 9.47 Å². The lowest BCUT2D eigenvalue weighted by Crippen LogP contribution is -2.29. The van der Waals surface area contributed by atoms with Gasteiger partial charge in [-0.3, -0.25) is 19.7 Å². The molecule has 1 atom stereocenters. The number of hydrogen-bond acceptors (Lipinski definition) is 7. The van der Waals surface area contributed by atoms with Gasteiger partial charge < -0.3 is 19.5 Å². The zero-order chi connectivity index (χ0) is 24.5. The molecular formula is C26H20N2O7. The quantitative estimate of drug-likeness (QED) is 0.196. The molecule has 0 saturated carbocycles. The monoisotopic (exact) mass is 472 g/mol. The number of amides is 1. The minimum atomic E-state index is -1.02. The smallest absolute Gasteiger partial charge is 0.295 e. The first kappa shape index (κ1) is 22.1. The Morgan fingerprint density at radius 2 is 1.71 bits per heavy atom. The number of rotatable bonds is 5. The van der Waals surface area contributed by atoms with Gasteiger partial charge >= 0.3 is 0 Å². The maximum absolute atomic E-state index is 13.2. The third-order valence-corrected chi connectivity index (χ3v) is 5.95. The number of carbonyl (C=O) groups excluding carboxylic acids is 2. The van der Waals surface area contributed by atoms with Crippen molar-refractivity contribution >= 4 is 23.1 Å². The second-order valence-electron chi connectivity index (χ2n) is 8.12. The maximum Gasteiger partial charge on any atom is 0.295 e. The lowest BCUT2D eigenvalue weighted by molar-refractivity contribution is -0.384. The van der Waals surface area contributed by atoms with E-state index >= 15 is 0 Å². The third-order valence-electron chi connectivity index (χ3n) is 5.95. The van der Waals surface area contributed by atoms with E-state index in [-0.39, 0.29) is 23.4 Å². The van der Waals surface area contributed by atoms with Gasteiger partial charge in [0.05, 0.1) is 16.5 Å². The minimum Gasteiger partial charge on any atom is -0.507 e. The normalized spacial score (nSPS) is 18.5. The van der Waals surface area contributed by atoms with E-state index < -0.39 is 28.4 Å². The average molecular weight is 472 g/mol. The second-order valence-corrected chi connectivity index (χ2v) is 8.12. The topological polar surface area (TPSA) is 119 Å². The lowest BCUT2D eigenvalue weighted by Gasteiger charge is -2.25. The molecule has 1 N–H and O–H groups in total. The van der Waals surface area contributed by atoms with Crippen molar-refractivity contribution in [3.63, 3.8) is 0 Å². The molecule has 1 unspecified atom stereocenters. The highest BCUT2D eigenvalue weighted by atomic mass is 16.6. The molecule has 0 aromatic heterocycles. The van der Waals surface area contributed by atoms with Crippen LogP contribution in [-0.4, -0.2) is 39.8 Å². The van der Waals surface area contributed by atoms with Gasteiger partial charge in [0, 0.05) is 24.2 Å². The zero-order valence-electron chi connectivity index (χ0n) is 18.4. The van der Waals surface area contributed by atoms with Crippen LogP contribution in [0.5, 0.6) is 11.5 Å².